The first-order valence-electron chi connectivity index (χ1n) is 8.28. The van der Waals surface area contributed by atoms with Crippen LogP contribution in [0, 0.1) is 9.49 Å². The van der Waals surface area contributed by atoms with Crippen LogP contribution in [0.1, 0.15) is 38.9 Å². The van der Waals surface area contributed by atoms with E-state index in [9.17, 15) is 0 Å². The van der Waals surface area contributed by atoms with Gasteiger partial charge in [0.2, 0.25) is 0 Å². The first-order valence-corrected chi connectivity index (χ1v) is 9.36. The van der Waals surface area contributed by atoms with Crippen molar-refractivity contribution in [3.05, 3.63) is 39.7 Å². The first-order chi connectivity index (χ1) is 11.5. The molecule has 0 aliphatic carbocycles. The van der Waals surface area contributed by atoms with Crippen molar-refractivity contribution < 1.29 is 9.47 Å². The predicted molar refractivity (Wildman–Crippen MR) is 104 cm³/mol. The van der Waals surface area contributed by atoms with Gasteiger partial charge in [0.1, 0.15) is 17.6 Å². The van der Waals surface area contributed by atoms with Crippen LogP contribution in [0.2, 0.25) is 0 Å². The van der Waals surface area contributed by atoms with E-state index < -0.39 is 0 Å². The highest BCUT2D eigenvalue weighted by Crippen LogP contribution is 2.45. The zero-order chi connectivity index (χ0) is 17.3. The SMILES string of the molecule is CC(COc1cc2c(cc1I)-c1ccncc1C(C)O2)C[C@H](C)N. The average molecular weight is 438 g/mol. The monoisotopic (exact) mass is 438 g/mol. The number of ether oxygens (including phenoxy) is 2. The number of pyridine rings is 1. The van der Waals surface area contributed by atoms with E-state index in [0.717, 1.165) is 32.6 Å². The molecule has 128 valence electrons. The summed E-state index contributed by atoms with van der Waals surface area (Å²) in [7, 11) is 0. The second-order valence-electron chi connectivity index (χ2n) is 6.63. The summed E-state index contributed by atoms with van der Waals surface area (Å²) in [6, 6.07) is 6.39. The summed E-state index contributed by atoms with van der Waals surface area (Å²) in [5, 5.41) is 0. The summed E-state index contributed by atoms with van der Waals surface area (Å²) in [4.78, 5) is 4.22. The Bertz CT molecular complexity index is 733. The van der Waals surface area contributed by atoms with Gasteiger partial charge in [-0.15, -0.1) is 0 Å². The summed E-state index contributed by atoms with van der Waals surface area (Å²) < 4.78 is 13.2. The summed E-state index contributed by atoms with van der Waals surface area (Å²) in [5.74, 6) is 2.16. The Morgan fingerprint density at radius 1 is 1.33 bits per heavy atom. The average Bonchev–Trinajstić information content (AvgIpc) is 2.53. The van der Waals surface area contributed by atoms with Crippen LogP contribution in [0.3, 0.4) is 0 Å². The van der Waals surface area contributed by atoms with Gasteiger partial charge in [-0.05, 0) is 66.5 Å². The molecule has 1 aliphatic heterocycles. The van der Waals surface area contributed by atoms with Gasteiger partial charge in [-0.1, -0.05) is 6.92 Å². The minimum Gasteiger partial charge on any atom is -0.492 e. The zero-order valence-corrected chi connectivity index (χ0v) is 16.4. The Morgan fingerprint density at radius 2 is 2.12 bits per heavy atom. The molecule has 0 spiro atoms. The van der Waals surface area contributed by atoms with Crippen LogP contribution in [0.15, 0.2) is 30.6 Å². The molecule has 2 heterocycles. The number of aromatic nitrogens is 1. The van der Waals surface area contributed by atoms with E-state index in [4.69, 9.17) is 15.2 Å². The molecule has 1 aliphatic rings. The molecule has 0 saturated heterocycles. The van der Waals surface area contributed by atoms with Gasteiger partial charge in [0, 0.05) is 35.6 Å². The maximum absolute atomic E-state index is 6.08. The Kier molecular flexibility index (Phi) is 5.30. The Labute approximate surface area is 156 Å². The van der Waals surface area contributed by atoms with Gasteiger partial charge in [-0.2, -0.15) is 0 Å². The molecule has 0 amide bonds. The third kappa shape index (κ3) is 3.67. The number of nitrogens with two attached hydrogens (primary N) is 1. The summed E-state index contributed by atoms with van der Waals surface area (Å²) in [6.07, 6.45) is 4.66. The number of fused-ring (bicyclic) bond motifs is 3. The van der Waals surface area contributed by atoms with Gasteiger partial charge in [-0.3, -0.25) is 4.98 Å². The molecule has 0 fully saturated rings. The molecular formula is C19H23IN2O2. The van der Waals surface area contributed by atoms with E-state index in [1.807, 2.05) is 32.3 Å². The van der Waals surface area contributed by atoms with Crippen molar-refractivity contribution in [2.45, 2.75) is 39.3 Å². The number of halogens is 1. The standard InChI is InChI=1S/C19H23IN2O2/c1-11(6-12(2)21)10-23-19-8-18-15(7-17(19)20)14-4-5-22-9-16(14)13(3)24-18/h4-5,7-9,11-13H,6,10,21H2,1-3H3/t11?,12-,13?/m0/s1. The van der Waals surface area contributed by atoms with Gasteiger partial charge < -0.3 is 15.2 Å². The third-order valence-electron chi connectivity index (χ3n) is 4.22. The lowest BCUT2D eigenvalue weighted by atomic mass is 9.95. The normalized spacial score (nSPS) is 18.1. The molecule has 0 radical (unpaired) electrons. The predicted octanol–water partition coefficient (Wildman–Crippen LogP) is 4.56. The minimum absolute atomic E-state index is 0.00822. The molecular weight excluding hydrogens is 415 g/mol. The molecule has 2 unspecified atom stereocenters. The molecule has 24 heavy (non-hydrogen) atoms. The van der Waals surface area contributed by atoms with Crippen LogP contribution >= 0.6 is 22.6 Å². The van der Waals surface area contributed by atoms with Gasteiger partial charge >= 0.3 is 0 Å². The van der Waals surface area contributed by atoms with Crippen molar-refractivity contribution in [1.82, 2.24) is 4.98 Å². The fourth-order valence-corrected chi connectivity index (χ4v) is 3.74. The lowest BCUT2D eigenvalue weighted by molar-refractivity contribution is 0.217. The van der Waals surface area contributed by atoms with Crippen molar-refractivity contribution >= 4 is 22.6 Å². The molecule has 1 aromatic carbocycles. The number of hydrogen-bond acceptors (Lipinski definition) is 4. The Balaban J connectivity index is 1.85. The first kappa shape index (κ1) is 17.5. The molecule has 3 rings (SSSR count). The lowest BCUT2D eigenvalue weighted by Crippen LogP contribution is -2.21. The summed E-state index contributed by atoms with van der Waals surface area (Å²) in [6.45, 7) is 6.90. The van der Waals surface area contributed by atoms with E-state index in [0.29, 0.717) is 12.5 Å². The maximum Gasteiger partial charge on any atom is 0.136 e. The number of benzene rings is 1. The van der Waals surface area contributed by atoms with Crippen molar-refractivity contribution in [1.29, 1.82) is 0 Å². The van der Waals surface area contributed by atoms with Gasteiger partial charge in [0.25, 0.3) is 0 Å². The van der Waals surface area contributed by atoms with Crippen LogP contribution in [0.5, 0.6) is 11.5 Å². The topological polar surface area (TPSA) is 57.4 Å². The molecule has 5 heteroatoms. The highest BCUT2D eigenvalue weighted by atomic mass is 127. The van der Waals surface area contributed by atoms with Crippen LogP contribution in [0.25, 0.3) is 11.1 Å². The molecule has 2 N–H and O–H groups in total. The van der Waals surface area contributed by atoms with Crippen molar-refractivity contribution in [2.75, 3.05) is 6.61 Å². The van der Waals surface area contributed by atoms with E-state index >= 15 is 0 Å². The van der Waals surface area contributed by atoms with E-state index in [1.165, 1.54) is 5.56 Å². The van der Waals surface area contributed by atoms with E-state index in [1.54, 1.807) is 0 Å². The van der Waals surface area contributed by atoms with Crippen molar-refractivity contribution in [3.63, 3.8) is 0 Å². The lowest BCUT2D eigenvalue weighted by Gasteiger charge is -2.27. The molecule has 2 aromatic rings. The van der Waals surface area contributed by atoms with Gasteiger partial charge in [0.05, 0.1) is 10.2 Å². The number of rotatable bonds is 5. The molecule has 0 saturated carbocycles. The smallest absolute Gasteiger partial charge is 0.136 e. The number of hydrogen-bond donors (Lipinski definition) is 1. The quantitative estimate of drug-likeness (QED) is 0.696. The second kappa shape index (κ2) is 7.27. The van der Waals surface area contributed by atoms with Crippen LogP contribution < -0.4 is 15.2 Å². The van der Waals surface area contributed by atoms with Gasteiger partial charge in [-0.25, -0.2) is 0 Å². The largest absolute Gasteiger partial charge is 0.492 e. The molecule has 1 aromatic heterocycles. The van der Waals surface area contributed by atoms with Crippen LogP contribution in [-0.4, -0.2) is 17.6 Å². The van der Waals surface area contributed by atoms with E-state index in [2.05, 4.69) is 46.6 Å². The summed E-state index contributed by atoms with van der Waals surface area (Å²) in [5.41, 5.74) is 9.28. The highest BCUT2D eigenvalue weighted by molar-refractivity contribution is 14.1. The third-order valence-corrected chi connectivity index (χ3v) is 5.06. The fraction of sp³-hybridized carbons (Fsp3) is 0.421. The highest BCUT2D eigenvalue weighted by Gasteiger charge is 2.24. The van der Waals surface area contributed by atoms with Crippen LogP contribution in [0.4, 0.5) is 0 Å². The molecule has 3 atom stereocenters. The summed E-state index contributed by atoms with van der Waals surface area (Å²) >= 11 is 2.32. The second-order valence-corrected chi connectivity index (χ2v) is 7.79. The van der Waals surface area contributed by atoms with E-state index in [-0.39, 0.29) is 12.1 Å². The molecule has 0 bridgehead atoms. The van der Waals surface area contributed by atoms with Crippen molar-refractivity contribution in [3.8, 4) is 22.6 Å². The fourth-order valence-electron chi connectivity index (χ4n) is 3.12. The molecule has 4 nitrogen and oxygen atoms in total. The Morgan fingerprint density at radius 3 is 2.88 bits per heavy atom. The number of nitrogens with zero attached hydrogens (tertiary/aromatic N) is 1. The van der Waals surface area contributed by atoms with Gasteiger partial charge in [0.15, 0.2) is 0 Å². The maximum atomic E-state index is 6.08. The Hall–Kier alpha value is -1.34. The zero-order valence-electron chi connectivity index (χ0n) is 14.3. The van der Waals surface area contributed by atoms with Crippen molar-refractivity contribution in [2.24, 2.45) is 11.7 Å². The minimum atomic E-state index is -0.00822. The van der Waals surface area contributed by atoms with Crippen LogP contribution in [-0.2, 0) is 0 Å².